The molecule has 0 spiro atoms. The van der Waals surface area contributed by atoms with Crippen LogP contribution in [-0.2, 0) is 0 Å². The molecule has 0 unspecified atom stereocenters. The highest BCUT2D eigenvalue weighted by atomic mass is 16.4. The number of rotatable bonds is 1. The Labute approximate surface area is 115 Å². The molecule has 20 heavy (non-hydrogen) atoms. The molecule has 4 aromatic rings. The Morgan fingerprint density at radius 2 is 1.60 bits per heavy atom. The maximum atomic E-state index is 9.35. The van der Waals surface area contributed by atoms with Crippen LogP contribution in [0.25, 0.3) is 32.6 Å². The number of aromatic nitrogens is 1. The fourth-order valence-corrected chi connectivity index (χ4v) is 2.85. The van der Waals surface area contributed by atoms with Crippen LogP contribution in [0.1, 0.15) is 0 Å². The molecule has 0 aliphatic heterocycles. The van der Waals surface area contributed by atoms with E-state index in [1.165, 1.54) is 10.8 Å². The molecule has 0 aliphatic rings. The summed E-state index contributed by atoms with van der Waals surface area (Å²) in [7, 11) is -1.45. The number of benzene rings is 3. The molecule has 4 heteroatoms. The van der Waals surface area contributed by atoms with Crippen molar-refractivity contribution in [3.05, 3.63) is 54.6 Å². The Balaban J connectivity index is 2.22. The van der Waals surface area contributed by atoms with Crippen molar-refractivity contribution in [2.45, 2.75) is 0 Å². The van der Waals surface area contributed by atoms with Gasteiger partial charge in [-0.05, 0) is 28.4 Å². The zero-order valence-corrected chi connectivity index (χ0v) is 10.7. The van der Waals surface area contributed by atoms with Gasteiger partial charge in [0, 0.05) is 21.8 Å². The summed E-state index contributed by atoms with van der Waals surface area (Å²) in [4.78, 5) is 3.37. The SMILES string of the molecule is OB(O)c1ccc2[nH]c3ccc4ccccc4c3c2c1. The Kier molecular flexibility index (Phi) is 2.36. The van der Waals surface area contributed by atoms with Crippen LogP contribution in [0.3, 0.4) is 0 Å². The van der Waals surface area contributed by atoms with Crippen molar-refractivity contribution in [1.82, 2.24) is 4.98 Å². The Morgan fingerprint density at radius 3 is 2.45 bits per heavy atom. The Hall–Kier alpha value is -2.30. The first-order valence-corrected chi connectivity index (χ1v) is 6.53. The van der Waals surface area contributed by atoms with Crippen molar-refractivity contribution in [3.8, 4) is 0 Å². The fraction of sp³-hybridized carbons (Fsp3) is 0. The van der Waals surface area contributed by atoms with Gasteiger partial charge in [-0.15, -0.1) is 0 Å². The number of aromatic amines is 1. The molecule has 0 saturated heterocycles. The molecule has 4 rings (SSSR count). The number of H-pyrrole nitrogens is 1. The van der Waals surface area contributed by atoms with Crippen LogP contribution >= 0.6 is 0 Å². The van der Waals surface area contributed by atoms with Crippen LogP contribution in [0.5, 0.6) is 0 Å². The third-order valence-corrected chi connectivity index (χ3v) is 3.81. The van der Waals surface area contributed by atoms with Gasteiger partial charge in [0.2, 0.25) is 0 Å². The minimum Gasteiger partial charge on any atom is -0.423 e. The van der Waals surface area contributed by atoms with E-state index in [0.29, 0.717) is 5.46 Å². The van der Waals surface area contributed by atoms with Crippen LogP contribution in [0.15, 0.2) is 54.6 Å². The first-order chi connectivity index (χ1) is 9.74. The van der Waals surface area contributed by atoms with E-state index in [1.54, 1.807) is 6.07 Å². The number of nitrogens with one attached hydrogen (secondary N) is 1. The quantitative estimate of drug-likeness (QED) is 0.460. The number of hydrogen-bond acceptors (Lipinski definition) is 2. The summed E-state index contributed by atoms with van der Waals surface area (Å²) in [6, 6.07) is 17.8. The molecule has 3 aromatic carbocycles. The fourth-order valence-electron chi connectivity index (χ4n) is 2.85. The predicted molar refractivity (Wildman–Crippen MR) is 83.1 cm³/mol. The molecular weight excluding hydrogens is 249 g/mol. The lowest BCUT2D eigenvalue weighted by molar-refractivity contribution is 0.426. The Bertz CT molecular complexity index is 943. The summed E-state index contributed by atoms with van der Waals surface area (Å²) < 4.78 is 0. The highest BCUT2D eigenvalue weighted by Gasteiger charge is 2.14. The zero-order chi connectivity index (χ0) is 13.7. The van der Waals surface area contributed by atoms with E-state index in [-0.39, 0.29) is 0 Å². The minimum atomic E-state index is -1.45. The zero-order valence-electron chi connectivity index (χ0n) is 10.7. The summed E-state index contributed by atoms with van der Waals surface area (Å²) in [6.45, 7) is 0. The predicted octanol–water partition coefficient (Wildman–Crippen LogP) is 2.15. The van der Waals surface area contributed by atoms with Gasteiger partial charge in [0.15, 0.2) is 0 Å². The van der Waals surface area contributed by atoms with E-state index in [9.17, 15) is 10.0 Å². The van der Waals surface area contributed by atoms with Crippen LogP contribution in [0.4, 0.5) is 0 Å². The normalized spacial score (nSPS) is 11.5. The average molecular weight is 261 g/mol. The third kappa shape index (κ3) is 1.56. The first-order valence-electron chi connectivity index (χ1n) is 6.53. The van der Waals surface area contributed by atoms with Crippen molar-refractivity contribution in [1.29, 1.82) is 0 Å². The van der Waals surface area contributed by atoms with E-state index in [4.69, 9.17) is 0 Å². The largest absolute Gasteiger partial charge is 0.488 e. The van der Waals surface area contributed by atoms with Gasteiger partial charge in [0.25, 0.3) is 0 Å². The lowest BCUT2D eigenvalue weighted by Crippen LogP contribution is -2.29. The Morgan fingerprint density at radius 1 is 0.800 bits per heavy atom. The van der Waals surface area contributed by atoms with Gasteiger partial charge in [-0.3, -0.25) is 0 Å². The summed E-state index contributed by atoms with van der Waals surface area (Å²) in [6.07, 6.45) is 0. The molecule has 1 aromatic heterocycles. The van der Waals surface area contributed by atoms with Gasteiger partial charge in [-0.2, -0.15) is 0 Å². The van der Waals surface area contributed by atoms with Crippen LogP contribution < -0.4 is 5.46 Å². The van der Waals surface area contributed by atoms with Crippen molar-refractivity contribution < 1.29 is 10.0 Å². The number of hydrogen-bond donors (Lipinski definition) is 3. The molecule has 1 heterocycles. The molecule has 0 aliphatic carbocycles. The van der Waals surface area contributed by atoms with Crippen molar-refractivity contribution in [2.24, 2.45) is 0 Å². The van der Waals surface area contributed by atoms with Crippen molar-refractivity contribution in [2.75, 3.05) is 0 Å². The van der Waals surface area contributed by atoms with Gasteiger partial charge in [-0.25, -0.2) is 0 Å². The molecule has 0 atom stereocenters. The van der Waals surface area contributed by atoms with Gasteiger partial charge in [-0.1, -0.05) is 42.5 Å². The smallest absolute Gasteiger partial charge is 0.423 e. The molecule has 0 saturated carbocycles. The molecule has 0 radical (unpaired) electrons. The summed E-state index contributed by atoms with van der Waals surface area (Å²) in [5.74, 6) is 0. The van der Waals surface area contributed by atoms with Crippen LogP contribution in [-0.4, -0.2) is 22.2 Å². The minimum absolute atomic E-state index is 0.506. The molecule has 0 fully saturated rings. The number of fused-ring (bicyclic) bond motifs is 5. The van der Waals surface area contributed by atoms with Gasteiger partial charge in [0.1, 0.15) is 0 Å². The molecule has 0 bridgehead atoms. The molecule has 96 valence electrons. The topological polar surface area (TPSA) is 56.2 Å². The van der Waals surface area contributed by atoms with E-state index in [2.05, 4.69) is 29.2 Å². The second-order valence-corrected chi connectivity index (χ2v) is 5.01. The van der Waals surface area contributed by atoms with Gasteiger partial charge >= 0.3 is 7.12 Å². The summed E-state index contributed by atoms with van der Waals surface area (Å²) in [5, 5.41) is 23.2. The summed E-state index contributed by atoms with van der Waals surface area (Å²) in [5.41, 5.74) is 2.57. The lowest BCUT2D eigenvalue weighted by Gasteiger charge is -2.01. The molecular formula is C16H12BNO2. The maximum Gasteiger partial charge on any atom is 0.488 e. The van der Waals surface area contributed by atoms with E-state index < -0.39 is 7.12 Å². The van der Waals surface area contributed by atoms with E-state index >= 15 is 0 Å². The standard InChI is InChI=1S/C16H12BNO2/c19-17(20)11-6-8-14-13(9-11)16-12-4-2-1-3-10(12)5-7-15(16)18-14/h1-9,18-20H. The second kappa shape index (κ2) is 4.10. The maximum absolute atomic E-state index is 9.35. The van der Waals surface area contributed by atoms with Gasteiger partial charge in [0.05, 0.1) is 0 Å². The molecule has 0 amide bonds. The average Bonchev–Trinajstić information content (AvgIpc) is 2.85. The summed E-state index contributed by atoms with van der Waals surface area (Å²) >= 11 is 0. The molecule has 3 nitrogen and oxygen atoms in total. The highest BCUT2D eigenvalue weighted by Crippen LogP contribution is 2.31. The van der Waals surface area contributed by atoms with Crippen molar-refractivity contribution in [3.63, 3.8) is 0 Å². The van der Waals surface area contributed by atoms with Crippen molar-refractivity contribution >= 4 is 45.2 Å². The van der Waals surface area contributed by atoms with Crippen LogP contribution in [0, 0.1) is 0 Å². The third-order valence-electron chi connectivity index (χ3n) is 3.81. The van der Waals surface area contributed by atoms with E-state index in [1.807, 2.05) is 24.3 Å². The van der Waals surface area contributed by atoms with Crippen LogP contribution in [0.2, 0.25) is 0 Å². The first kappa shape index (κ1) is 11.5. The second-order valence-electron chi connectivity index (χ2n) is 5.01. The monoisotopic (exact) mass is 261 g/mol. The van der Waals surface area contributed by atoms with E-state index in [0.717, 1.165) is 21.8 Å². The van der Waals surface area contributed by atoms with Gasteiger partial charge < -0.3 is 15.0 Å². The highest BCUT2D eigenvalue weighted by molar-refractivity contribution is 6.59. The lowest BCUT2D eigenvalue weighted by atomic mass is 9.79. The molecule has 3 N–H and O–H groups in total.